The maximum absolute atomic E-state index is 12.1. The summed E-state index contributed by atoms with van der Waals surface area (Å²) in [6.07, 6.45) is 3.30. The van der Waals surface area contributed by atoms with E-state index in [-0.39, 0.29) is 10.9 Å². The van der Waals surface area contributed by atoms with Crippen LogP contribution in [0, 0.1) is 0 Å². The normalized spacial score (nSPS) is 13.1. The van der Waals surface area contributed by atoms with Crippen molar-refractivity contribution in [2.24, 2.45) is 0 Å². The van der Waals surface area contributed by atoms with E-state index in [0.29, 0.717) is 5.95 Å². The van der Waals surface area contributed by atoms with Gasteiger partial charge in [-0.25, -0.2) is 22.7 Å². The number of anilines is 1. The quantitative estimate of drug-likeness (QED) is 0.913. The highest BCUT2D eigenvalue weighted by Gasteiger charge is 2.18. The van der Waals surface area contributed by atoms with Crippen LogP contribution in [0.1, 0.15) is 18.5 Å². The Hall–Kier alpha value is -1.99. The van der Waals surface area contributed by atoms with E-state index >= 15 is 0 Å². The molecule has 2 rings (SSSR count). The Morgan fingerprint density at radius 1 is 1.14 bits per heavy atom. The summed E-state index contributed by atoms with van der Waals surface area (Å²) in [6, 6.07) is 8.48. The number of hydrogen-bond donors (Lipinski definition) is 1. The van der Waals surface area contributed by atoms with Crippen molar-refractivity contribution >= 4 is 16.0 Å². The molecule has 0 radical (unpaired) electrons. The topological polar surface area (TPSA) is 75.2 Å². The Labute approximate surface area is 124 Å². The van der Waals surface area contributed by atoms with Gasteiger partial charge in [-0.1, -0.05) is 12.1 Å². The molecule has 0 amide bonds. The molecule has 0 aliphatic rings. The first kappa shape index (κ1) is 15.4. The molecule has 0 bridgehead atoms. The van der Waals surface area contributed by atoms with E-state index in [2.05, 4.69) is 15.3 Å². The van der Waals surface area contributed by atoms with Crippen LogP contribution < -0.4 is 5.32 Å². The third kappa shape index (κ3) is 3.56. The van der Waals surface area contributed by atoms with E-state index in [1.807, 2.05) is 13.0 Å². The predicted molar refractivity (Wildman–Crippen MR) is 81.4 cm³/mol. The molecule has 1 N–H and O–H groups in total. The smallest absolute Gasteiger partial charge is 0.242 e. The highest BCUT2D eigenvalue weighted by atomic mass is 32.2. The highest BCUT2D eigenvalue weighted by molar-refractivity contribution is 7.89. The second kappa shape index (κ2) is 6.19. The molecule has 7 heteroatoms. The fourth-order valence-electron chi connectivity index (χ4n) is 1.81. The first-order valence-corrected chi connectivity index (χ1v) is 7.91. The number of nitrogens with one attached hydrogen (secondary N) is 1. The highest BCUT2D eigenvalue weighted by Crippen LogP contribution is 2.21. The van der Waals surface area contributed by atoms with E-state index in [0.717, 1.165) is 5.56 Å². The van der Waals surface area contributed by atoms with Crippen LogP contribution in [0.25, 0.3) is 0 Å². The van der Waals surface area contributed by atoms with Gasteiger partial charge >= 0.3 is 0 Å². The summed E-state index contributed by atoms with van der Waals surface area (Å²) < 4.78 is 25.5. The van der Waals surface area contributed by atoms with Gasteiger partial charge < -0.3 is 5.32 Å². The molecular weight excluding hydrogens is 288 g/mol. The van der Waals surface area contributed by atoms with Gasteiger partial charge in [0.1, 0.15) is 0 Å². The molecule has 112 valence electrons. The van der Waals surface area contributed by atoms with Crippen LogP contribution in [0.5, 0.6) is 0 Å². The van der Waals surface area contributed by atoms with Crippen molar-refractivity contribution in [1.82, 2.24) is 14.3 Å². The van der Waals surface area contributed by atoms with Crippen molar-refractivity contribution in [1.29, 1.82) is 0 Å². The Morgan fingerprint density at radius 3 is 2.43 bits per heavy atom. The molecule has 6 nitrogen and oxygen atoms in total. The molecular formula is C14H18N4O2S. The van der Waals surface area contributed by atoms with Gasteiger partial charge in [0.2, 0.25) is 16.0 Å². The minimum atomic E-state index is -3.43. The molecule has 1 aromatic heterocycles. The van der Waals surface area contributed by atoms with Crippen molar-refractivity contribution in [3.63, 3.8) is 0 Å². The number of rotatable bonds is 5. The molecule has 0 aliphatic heterocycles. The lowest BCUT2D eigenvalue weighted by atomic mass is 10.1. The molecule has 0 saturated heterocycles. The van der Waals surface area contributed by atoms with Gasteiger partial charge in [-0.2, -0.15) is 0 Å². The second-order valence-corrected chi connectivity index (χ2v) is 6.95. The average Bonchev–Trinajstić information content (AvgIpc) is 2.48. The minimum Gasteiger partial charge on any atom is -0.348 e. The molecule has 2 aromatic rings. The van der Waals surface area contributed by atoms with Crippen molar-refractivity contribution < 1.29 is 8.42 Å². The van der Waals surface area contributed by atoms with Gasteiger partial charge in [-0.15, -0.1) is 0 Å². The monoisotopic (exact) mass is 306 g/mol. The standard InChI is InChI=1S/C14H18N4O2S/c1-11(17-14-15-8-5-9-16-14)12-6-4-7-13(10-12)21(19,20)18(2)3/h4-11H,1-3H3,(H,15,16,17). The number of benzene rings is 1. The molecule has 1 aromatic carbocycles. The van der Waals surface area contributed by atoms with E-state index < -0.39 is 10.0 Å². The van der Waals surface area contributed by atoms with Crippen LogP contribution in [0.2, 0.25) is 0 Å². The second-order valence-electron chi connectivity index (χ2n) is 4.80. The van der Waals surface area contributed by atoms with Gasteiger partial charge in [0.05, 0.1) is 10.9 Å². The first-order valence-electron chi connectivity index (χ1n) is 6.47. The lowest BCUT2D eigenvalue weighted by molar-refractivity contribution is 0.520. The third-order valence-corrected chi connectivity index (χ3v) is 4.86. The number of sulfonamides is 1. The summed E-state index contributed by atoms with van der Waals surface area (Å²) in [6.45, 7) is 1.93. The molecule has 1 heterocycles. The average molecular weight is 306 g/mol. The fourth-order valence-corrected chi connectivity index (χ4v) is 2.76. The maximum Gasteiger partial charge on any atom is 0.242 e. The largest absolute Gasteiger partial charge is 0.348 e. The summed E-state index contributed by atoms with van der Waals surface area (Å²) >= 11 is 0. The molecule has 1 unspecified atom stereocenters. The van der Waals surface area contributed by atoms with E-state index in [4.69, 9.17) is 0 Å². The number of nitrogens with zero attached hydrogens (tertiary/aromatic N) is 3. The van der Waals surface area contributed by atoms with Crippen molar-refractivity contribution in [3.05, 3.63) is 48.3 Å². The van der Waals surface area contributed by atoms with Crippen LogP contribution >= 0.6 is 0 Å². The number of hydrogen-bond acceptors (Lipinski definition) is 5. The Kier molecular flexibility index (Phi) is 4.54. The van der Waals surface area contributed by atoms with E-state index in [1.54, 1.807) is 36.7 Å². The van der Waals surface area contributed by atoms with Gasteiger partial charge in [-0.05, 0) is 30.7 Å². The van der Waals surface area contributed by atoms with Crippen LogP contribution in [-0.4, -0.2) is 36.8 Å². The number of aromatic nitrogens is 2. The summed E-state index contributed by atoms with van der Waals surface area (Å²) in [5, 5.41) is 3.14. The summed E-state index contributed by atoms with van der Waals surface area (Å²) in [4.78, 5) is 8.46. The zero-order chi connectivity index (χ0) is 15.5. The van der Waals surface area contributed by atoms with Crippen LogP contribution in [0.3, 0.4) is 0 Å². The van der Waals surface area contributed by atoms with Crippen LogP contribution in [0.15, 0.2) is 47.6 Å². The fraction of sp³-hybridized carbons (Fsp3) is 0.286. The molecule has 0 fully saturated rings. The molecule has 1 atom stereocenters. The molecule has 0 saturated carbocycles. The summed E-state index contributed by atoms with van der Waals surface area (Å²) in [7, 11) is -0.401. The maximum atomic E-state index is 12.1. The van der Waals surface area contributed by atoms with Crippen molar-refractivity contribution in [3.8, 4) is 0 Å². The van der Waals surface area contributed by atoms with Crippen LogP contribution in [-0.2, 0) is 10.0 Å². The van der Waals surface area contributed by atoms with Crippen LogP contribution in [0.4, 0.5) is 5.95 Å². The molecule has 0 aliphatic carbocycles. The molecule has 0 spiro atoms. The third-order valence-electron chi connectivity index (χ3n) is 3.05. The minimum absolute atomic E-state index is 0.107. The Bertz CT molecular complexity index is 702. The lowest BCUT2D eigenvalue weighted by Gasteiger charge is -2.16. The molecule has 21 heavy (non-hydrogen) atoms. The summed E-state index contributed by atoms with van der Waals surface area (Å²) in [5.41, 5.74) is 0.852. The van der Waals surface area contributed by atoms with Gasteiger partial charge in [0.15, 0.2) is 0 Å². The SMILES string of the molecule is CC(Nc1ncccn1)c1cccc(S(=O)(=O)N(C)C)c1. The van der Waals surface area contributed by atoms with Crippen molar-refractivity contribution in [2.75, 3.05) is 19.4 Å². The van der Waals surface area contributed by atoms with Crippen molar-refractivity contribution in [2.45, 2.75) is 17.9 Å². The van der Waals surface area contributed by atoms with Gasteiger partial charge in [0.25, 0.3) is 0 Å². The zero-order valence-corrected chi connectivity index (χ0v) is 13.0. The van der Waals surface area contributed by atoms with E-state index in [1.165, 1.54) is 18.4 Å². The van der Waals surface area contributed by atoms with Gasteiger partial charge in [-0.3, -0.25) is 0 Å². The van der Waals surface area contributed by atoms with E-state index in [9.17, 15) is 8.42 Å². The Morgan fingerprint density at radius 2 is 1.81 bits per heavy atom. The predicted octanol–water partition coefficient (Wildman–Crippen LogP) is 1.90. The Balaban J connectivity index is 2.25. The lowest BCUT2D eigenvalue weighted by Crippen LogP contribution is -2.22. The first-order chi connectivity index (χ1) is 9.91. The van der Waals surface area contributed by atoms with Gasteiger partial charge in [0, 0.05) is 26.5 Å². The summed E-state index contributed by atoms with van der Waals surface area (Å²) in [5.74, 6) is 0.505. The zero-order valence-electron chi connectivity index (χ0n) is 12.2.